The van der Waals surface area contributed by atoms with Crippen LogP contribution in [-0.4, -0.2) is 50.3 Å². The second-order valence-corrected chi connectivity index (χ2v) is 3.06. The lowest BCUT2D eigenvalue weighted by Crippen LogP contribution is -2.41. The van der Waals surface area contributed by atoms with Crippen molar-refractivity contribution in [3.8, 4) is 11.8 Å². The third-order valence-electron chi connectivity index (χ3n) is 2.01. The van der Waals surface area contributed by atoms with Gasteiger partial charge in [-0.2, -0.15) is 0 Å². The van der Waals surface area contributed by atoms with Crippen LogP contribution in [0.3, 0.4) is 0 Å². The largest absolute Gasteiger partial charge is 0.456 e. The number of nitrogens with zero attached hydrogens (tertiary/aromatic N) is 1. The zero-order valence-electron chi connectivity index (χ0n) is 8.58. The Morgan fingerprint density at radius 3 is 3.14 bits per heavy atom. The lowest BCUT2D eigenvalue weighted by molar-refractivity contribution is -0.136. The van der Waals surface area contributed by atoms with Crippen molar-refractivity contribution in [1.82, 2.24) is 4.90 Å². The maximum atomic E-state index is 10.9. The van der Waals surface area contributed by atoms with Gasteiger partial charge in [0, 0.05) is 12.5 Å². The number of carbonyl (C=O) groups excluding carboxylic acids is 1. The molecule has 1 rings (SSSR count). The standard InChI is InChI=1S/C10H15NO3/c1-3-14-10(12)5-4-9-8-13-7-6-11(9)2/h9H,3,6-8H2,1-2H3. The van der Waals surface area contributed by atoms with Gasteiger partial charge in [0.1, 0.15) is 0 Å². The third kappa shape index (κ3) is 3.36. The Labute approximate surface area is 84.2 Å². The van der Waals surface area contributed by atoms with Gasteiger partial charge in [0.25, 0.3) is 0 Å². The van der Waals surface area contributed by atoms with Crippen LogP contribution in [0, 0.1) is 11.8 Å². The van der Waals surface area contributed by atoms with Gasteiger partial charge in [-0.3, -0.25) is 4.90 Å². The molecule has 1 atom stereocenters. The minimum Gasteiger partial charge on any atom is -0.456 e. The molecule has 0 aromatic rings. The first-order valence-corrected chi connectivity index (χ1v) is 4.70. The molecule has 0 amide bonds. The molecular weight excluding hydrogens is 182 g/mol. The maximum Gasteiger partial charge on any atom is 0.384 e. The molecular formula is C10H15NO3. The van der Waals surface area contributed by atoms with Crippen LogP contribution < -0.4 is 0 Å². The molecule has 1 fully saturated rings. The van der Waals surface area contributed by atoms with Gasteiger partial charge < -0.3 is 9.47 Å². The molecule has 1 aliphatic heterocycles. The van der Waals surface area contributed by atoms with Crippen LogP contribution in [0.5, 0.6) is 0 Å². The van der Waals surface area contributed by atoms with E-state index < -0.39 is 5.97 Å². The van der Waals surface area contributed by atoms with Crippen LogP contribution in [0.15, 0.2) is 0 Å². The first-order chi connectivity index (χ1) is 6.74. The summed E-state index contributed by atoms with van der Waals surface area (Å²) < 4.78 is 9.94. The van der Waals surface area contributed by atoms with Crippen LogP contribution in [0.25, 0.3) is 0 Å². The molecule has 1 aliphatic rings. The molecule has 0 saturated carbocycles. The van der Waals surface area contributed by atoms with E-state index in [2.05, 4.69) is 16.7 Å². The van der Waals surface area contributed by atoms with E-state index >= 15 is 0 Å². The number of hydrogen-bond donors (Lipinski definition) is 0. The predicted octanol–water partition coefficient (Wildman–Crippen LogP) is -0.117. The Morgan fingerprint density at radius 2 is 2.50 bits per heavy atom. The van der Waals surface area contributed by atoms with E-state index in [0.717, 1.165) is 13.2 Å². The number of ether oxygens (including phenoxy) is 2. The molecule has 0 aliphatic carbocycles. The minimum atomic E-state index is -0.466. The summed E-state index contributed by atoms with van der Waals surface area (Å²) >= 11 is 0. The second kappa shape index (κ2) is 5.63. The second-order valence-electron chi connectivity index (χ2n) is 3.06. The molecule has 0 aromatic heterocycles. The molecule has 4 nitrogen and oxygen atoms in total. The van der Waals surface area contributed by atoms with Crippen LogP contribution in [0.1, 0.15) is 6.92 Å². The van der Waals surface area contributed by atoms with E-state index in [1.54, 1.807) is 6.92 Å². The Bertz CT molecular complexity index is 254. The lowest BCUT2D eigenvalue weighted by atomic mass is 10.2. The highest BCUT2D eigenvalue weighted by Crippen LogP contribution is 2.01. The lowest BCUT2D eigenvalue weighted by Gasteiger charge is -2.28. The molecule has 0 radical (unpaired) electrons. The quantitative estimate of drug-likeness (QED) is 0.334. The third-order valence-corrected chi connectivity index (χ3v) is 2.01. The Hall–Kier alpha value is -1.05. The smallest absolute Gasteiger partial charge is 0.384 e. The molecule has 0 bridgehead atoms. The van der Waals surface area contributed by atoms with E-state index in [1.807, 2.05) is 7.05 Å². The van der Waals surface area contributed by atoms with Gasteiger partial charge in [-0.05, 0) is 14.0 Å². The van der Waals surface area contributed by atoms with E-state index in [4.69, 9.17) is 9.47 Å². The topological polar surface area (TPSA) is 38.8 Å². The molecule has 4 heteroatoms. The van der Waals surface area contributed by atoms with Crippen LogP contribution in [0.4, 0.5) is 0 Å². The van der Waals surface area contributed by atoms with E-state index in [9.17, 15) is 4.79 Å². The van der Waals surface area contributed by atoms with Gasteiger partial charge in [0.2, 0.25) is 0 Å². The number of likely N-dealkylation sites (N-methyl/N-ethyl adjacent to an activating group) is 1. The van der Waals surface area contributed by atoms with Gasteiger partial charge in [-0.25, -0.2) is 4.79 Å². The molecule has 0 N–H and O–H groups in total. The Kier molecular flexibility index (Phi) is 4.44. The molecule has 1 heterocycles. The number of rotatable bonds is 1. The van der Waals surface area contributed by atoms with Crippen LogP contribution in [0.2, 0.25) is 0 Å². The zero-order chi connectivity index (χ0) is 10.4. The summed E-state index contributed by atoms with van der Waals surface area (Å²) in [4.78, 5) is 13.0. The molecule has 14 heavy (non-hydrogen) atoms. The Morgan fingerprint density at radius 1 is 1.71 bits per heavy atom. The highest BCUT2D eigenvalue weighted by atomic mass is 16.5. The molecule has 0 spiro atoms. The fraction of sp³-hybridized carbons (Fsp3) is 0.700. The summed E-state index contributed by atoms with van der Waals surface area (Å²) in [6, 6.07) is 0.00755. The van der Waals surface area contributed by atoms with E-state index in [-0.39, 0.29) is 6.04 Å². The number of morpholine rings is 1. The van der Waals surface area contributed by atoms with Gasteiger partial charge >= 0.3 is 5.97 Å². The summed E-state index contributed by atoms with van der Waals surface area (Å²) in [6.45, 7) is 4.26. The maximum absolute atomic E-state index is 10.9. The van der Waals surface area contributed by atoms with Crippen LogP contribution in [-0.2, 0) is 14.3 Å². The Balaban J connectivity index is 2.44. The van der Waals surface area contributed by atoms with Crippen molar-refractivity contribution in [2.24, 2.45) is 0 Å². The summed E-state index contributed by atoms with van der Waals surface area (Å²) in [7, 11) is 1.97. The highest BCUT2D eigenvalue weighted by molar-refractivity contribution is 5.88. The fourth-order valence-electron chi connectivity index (χ4n) is 1.15. The molecule has 78 valence electrons. The van der Waals surface area contributed by atoms with Crippen LogP contribution >= 0.6 is 0 Å². The van der Waals surface area contributed by atoms with Crippen molar-refractivity contribution in [3.63, 3.8) is 0 Å². The van der Waals surface area contributed by atoms with Crippen molar-refractivity contribution in [3.05, 3.63) is 0 Å². The SMILES string of the molecule is CCOC(=O)C#CC1COCCN1C. The van der Waals surface area contributed by atoms with Gasteiger partial charge in [0.15, 0.2) is 0 Å². The highest BCUT2D eigenvalue weighted by Gasteiger charge is 2.16. The summed E-state index contributed by atoms with van der Waals surface area (Å²) in [6.07, 6.45) is 0. The number of hydrogen-bond acceptors (Lipinski definition) is 4. The summed E-state index contributed by atoms with van der Waals surface area (Å²) in [5.41, 5.74) is 0. The number of carbonyl (C=O) groups is 1. The van der Waals surface area contributed by atoms with Crippen molar-refractivity contribution in [1.29, 1.82) is 0 Å². The average molecular weight is 197 g/mol. The van der Waals surface area contributed by atoms with E-state index in [1.165, 1.54) is 0 Å². The summed E-state index contributed by atoms with van der Waals surface area (Å²) in [5.74, 6) is 4.82. The fourth-order valence-corrected chi connectivity index (χ4v) is 1.15. The van der Waals surface area contributed by atoms with Crippen molar-refractivity contribution < 1.29 is 14.3 Å². The first-order valence-electron chi connectivity index (χ1n) is 4.70. The predicted molar refractivity (Wildman–Crippen MR) is 51.6 cm³/mol. The van der Waals surface area contributed by atoms with Gasteiger partial charge in [-0.1, -0.05) is 5.92 Å². The molecule has 0 aromatic carbocycles. The van der Waals surface area contributed by atoms with Gasteiger partial charge in [-0.15, -0.1) is 0 Å². The van der Waals surface area contributed by atoms with Crippen molar-refractivity contribution in [2.75, 3.05) is 33.4 Å². The summed E-state index contributed by atoms with van der Waals surface area (Å²) in [5, 5.41) is 0. The average Bonchev–Trinajstić information content (AvgIpc) is 2.17. The molecule has 1 saturated heterocycles. The monoisotopic (exact) mass is 197 g/mol. The van der Waals surface area contributed by atoms with Crippen molar-refractivity contribution >= 4 is 5.97 Å². The first kappa shape index (κ1) is 11.0. The normalized spacial score (nSPS) is 22.3. The van der Waals surface area contributed by atoms with Gasteiger partial charge in [0.05, 0.1) is 25.9 Å². The zero-order valence-corrected chi connectivity index (χ0v) is 8.58. The molecule has 1 unspecified atom stereocenters. The van der Waals surface area contributed by atoms with E-state index in [0.29, 0.717) is 13.2 Å². The van der Waals surface area contributed by atoms with Crippen molar-refractivity contribution in [2.45, 2.75) is 13.0 Å². The minimum absolute atomic E-state index is 0.00755. The number of esters is 1.